The van der Waals surface area contributed by atoms with E-state index >= 15 is 0 Å². The average molecular weight is 359 g/mol. The van der Waals surface area contributed by atoms with Crippen molar-refractivity contribution >= 4 is 17.2 Å². The van der Waals surface area contributed by atoms with E-state index in [0.29, 0.717) is 6.04 Å². The number of nitrogens with zero attached hydrogens (tertiary/aromatic N) is 1. The van der Waals surface area contributed by atoms with E-state index in [-0.39, 0.29) is 5.91 Å². The second-order valence-electron chi connectivity index (χ2n) is 7.24. The van der Waals surface area contributed by atoms with Crippen molar-refractivity contribution in [1.82, 2.24) is 4.57 Å². The molecule has 1 aliphatic carbocycles. The molecule has 1 aliphatic rings. The molecule has 4 heteroatoms. The molecule has 0 aromatic carbocycles. The third kappa shape index (κ3) is 3.69. The summed E-state index contributed by atoms with van der Waals surface area (Å²) in [6.45, 7) is 4.31. The molecule has 0 spiro atoms. The monoisotopic (exact) mass is 358 g/mol. The first kappa shape index (κ1) is 18.2. The van der Waals surface area contributed by atoms with Gasteiger partial charge in [0.05, 0.1) is 5.56 Å². The molecule has 2 aromatic heterocycles. The molecule has 2 aromatic rings. The molecule has 0 saturated heterocycles. The highest BCUT2D eigenvalue weighted by Crippen LogP contribution is 2.40. The zero-order valence-corrected chi connectivity index (χ0v) is 16.3. The topological polar surface area (TPSA) is 48.0 Å². The van der Waals surface area contributed by atoms with Crippen molar-refractivity contribution in [3.8, 4) is 10.4 Å². The second kappa shape index (κ2) is 8.22. The largest absolute Gasteiger partial charge is 0.366 e. The molecule has 0 atom stereocenters. The summed E-state index contributed by atoms with van der Waals surface area (Å²) in [5.41, 5.74) is 10.1. The highest BCUT2D eigenvalue weighted by Gasteiger charge is 2.28. The average Bonchev–Trinajstić information content (AvgIpc) is 3.15. The summed E-state index contributed by atoms with van der Waals surface area (Å²) in [5.74, 6) is -0.289. The van der Waals surface area contributed by atoms with E-state index in [0.717, 1.165) is 29.7 Å². The zero-order chi connectivity index (χ0) is 17.8. The maximum Gasteiger partial charge on any atom is 0.251 e. The molecule has 1 saturated carbocycles. The van der Waals surface area contributed by atoms with Gasteiger partial charge in [0.15, 0.2) is 0 Å². The summed E-state index contributed by atoms with van der Waals surface area (Å²) in [4.78, 5) is 13.5. The van der Waals surface area contributed by atoms with Gasteiger partial charge in [0.1, 0.15) is 0 Å². The minimum atomic E-state index is -0.289. The van der Waals surface area contributed by atoms with Crippen LogP contribution in [0.1, 0.15) is 86.1 Å². The molecular formula is C21H30N2OS. The van der Waals surface area contributed by atoms with Crippen molar-refractivity contribution in [1.29, 1.82) is 0 Å². The number of thiophene rings is 1. The van der Waals surface area contributed by atoms with Crippen molar-refractivity contribution in [2.75, 3.05) is 0 Å². The second-order valence-corrected chi connectivity index (χ2v) is 8.19. The number of carbonyl (C=O) groups is 1. The molecule has 2 heterocycles. The highest BCUT2D eigenvalue weighted by molar-refractivity contribution is 7.13. The fraction of sp³-hybridized carbons (Fsp3) is 0.571. The molecule has 0 radical (unpaired) electrons. The van der Waals surface area contributed by atoms with E-state index in [1.165, 1.54) is 55.5 Å². The molecule has 1 amide bonds. The van der Waals surface area contributed by atoms with E-state index in [1.807, 2.05) is 0 Å². The van der Waals surface area contributed by atoms with Gasteiger partial charge in [-0.25, -0.2) is 0 Å². The third-order valence-corrected chi connectivity index (χ3v) is 6.38. The smallest absolute Gasteiger partial charge is 0.251 e. The van der Waals surface area contributed by atoms with Gasteiger partial charge in [-0.3, -0.25) is 4.79 Å². The van der Waals surface area contributed by atoms with Gasteiger partial charge in [-0.05, 0) is 37.6 Å². The van der Waals surface area contributed by atoms with Gasteiger partial charge in [0.25, 0.3) is 5.91 Å². The molecule has 3 nitrogen and oxygen atoms in total. The summed E-state index contributed by atoms with van der Waals surface area (Å²) < 4.78 is 2.49. The van der Waals surface area contributed by atoms with Crippen molar-refractivity contribution < 1.29 is 4.79 Å². The lowest BCUT2D eigenvalue weighted by Gasteiger charge is -2.26. The van der Waals surface area contributed by atoms with Gasteiger partial charge < -0.3 is 10.3 Å². The summed E-state index contributed by atoms with van der Waals surface area (Å²) >= 11 is 1.70. The van der Waals surface area contributed by atoms with Crippen molar-refractivity contribution in [2.24, 2.45) is 5.73 Å². The number of hydrogen-bond acceptors (Lipinski definition) is 2. The predicted octanol–water partition coefficient (Wildman–Crippen LogP) is 5.86. The summed E-state index contributed by atoms with van der Waals surface area (Å²) in [6, 6.07) is 4.69. The molecule has 2 N–H and O–H groups in total. The summed E-state index contributed by atoms with van der Waals surface area (Å²) in [6.07, 6.45) is 11.1. The first-order valence-corrected chi connectivity index (χ1v) is 10.6. The van der Waals surface area contributed by atoms with Gasteiger partial charge >= 0.3 is 0 Å². The molecule has 136 valence electrons. The number of amides is 1. The van der Waals surface area contributed by atoms with Gasteiger partial charge in [0, 0.05) is 27.9 Å². The Bertz CT molecular complexity index is 707. The summed E-state index contributed by atoms with van der Waals surface area (Å²) in [5, 5.41) is 2.08. The van der Waals surface area contributed by atoms with E-state index in [1.54, 1.807) is 11.3 Å². The number of hydrogen-bond donors (Lipinski definition) is 1. The van der Waals surface area contributed by atoms with Crippen LogP contribution >= 0.6 is 11.3 Å². The van der Waals surface area contributed by atoms with E-state index < -0.39 is 0 Å². The molecule has 0 unspecified atom stereocenters. The van der Waals surface area contributed by atoms with Gasteiger partial charge in [-0.1, -0.05) is 51.5 Å². The molecule has 25 heavy (non-hydrogen) atoms. The Morgan fingerprint density at radius 1 is 1.24 bits per heavy atom. The number of primary amides is 1. The van der Waals surface area contributed by atoms with Crippen LogP contribution in [-0.2, 0) is 6.42 Å². The normalized spacial score (nSPS) is 16.6. The first-order chi connectivity index (χ1) is 12.1. The summed E-state index contributed by atoms with van der Waals surface area (Å²) in [7, 11) is 0. The van der Waals surface area contributed by atoms with Crippen molar-refractivity contribution in [3.63, 3.8) is 0 Å². The Morgan fingerprint density at radius 2 is 1.92 bits per heavy atom. The Hall–Kier alpha value is -1.55. The SMILES string of the molecule is CCCc1c(-c2cccs2)c(C(N)=O)c(C)n1C1CCCCCCC1. The first-order valence-electron chi connectivity index (χ1n) is 9.72. The Kier molecular flexibility index (Phi) is 6.00. The number of carbonyl (C=O) groups excluding carboxylic acids is 1. The lowest BCUT2D eigenvalue weighted by atomic mass is 9.96. The van der Waals surface area contributed by atoms with E-state index in [2.05, 4.69) is 35.9 Å². The minimum absolute atomic E-state index is 0.289. The van der Waals surface area contributed by atoms with Crippen LogP contribution in [0.4, 0.5) is 0 Å². The predicted molar refractivity (Wildman–Crippen MR) is 106 cm³/mol. The van der Waals surface area contributed by atoms with Gasteiger partial charge in [-0.15, -0.1) is 11.3 Å². The van der Waals surface area contributed by atoms with Crippen LogP contribution in [0.3, 0.4) is 0 Å². The maximum absolute atomic E-state index is 12.3. The zero-order valence-electron chi connectivity index (χ0n) is 15.5. The van der Waals surface area contributed by atoms with Crippen molar-refractivity contribution in [2.45, 2.75) is 77.7 Å². The standard InChI is InChI=1S/C21H30N2OS/c1-3-10-17-20(18-13-9-14-25-18)19(21(22)24)15(2)23(17)16-11-7-5-4-6-8-12-16/h9,13-14,16H,3-8,10-12H2,1-2H3,(H2,22,24). The lowest BCUT2D eigenvalue weighted by Crippen LogP contribution is -2.17. The highest BCUT2D eigenvalue weighted by atomic mass is 32.1. The van der Waals surface area contributed by atoms with Crippen LogP contribution in [0.5, 0.6) is 0 Å². The fourth-order valence-electron chi connectivity index (χ4n) is 4.43. The van der Waals surface area contributed by atoms with Crippen LogP contribution in [0.25, 0.3) is 10.4 Å². The fourth-order valence-corrected chi connectivity index (χ4v) is 5.22. The van der Waals surface area contributed by atoms with Crippen molar-refractivity contribution in [3.05, 3.63) is 34.5 Å². The van der Waals surface area contributed by atoms with Crippen LogP contribution in [-0.4, -0.2) is 10.5 Å². The molecule has 1 fully saturated rings. The quantitative estimate of drug-likeness (QED) is 0.714. The molecule has 3 rings (SSSR count). The number of aromatic nitrogens is 1. The van der Waals surface area contributed by atoms with Crippen LogP contribution in [0, 0.1) is 6.92 Å². The molecule has 0 bridgehead atoms. The number of nitrogens with two attached hydrogens (primary N) is 1. The maximum atomic E-state index is 12.3. The molecular weight excluding hydrogens is 328 g/mol. The van der Waals surface area contributed by atoms with Crippen LogP contribution < -0.4 is 5.73 Å². The van der Waals surface area contributed by atoms with Crippen LogP contribution in [0.2, 0.25) is 0 Å². The van der Waals surface area contributed by atoms with Gasteiger partial charge in [-0.2, -0.15) is 0 Å². The minimum Gasteiger partial charge on any atom is -0.366 e. The Balaban J connectivity index is 2.16. The Labute approximate surface area is 155 Å². The Morgan fingerprint density at radius 3 is 2.48 bits per heavy atom. The number of rotatable bonds is 5. The van der Waals surface area contributed by atoms with E-state index in [9.17, 15) is 4.79 Å². The van der Waals surface area contributed by atoms with Gasteiger partial charge in [0.2, 0.25) is 0 Å². The molecule has 0 aliphatic heterocycles. The third-order valence-electron chi connectivity index (χ3n) is 5.49. The van der Waals surface area contributed by atoms with E-state index in [4.69, 9.17) is 5.73 Å². The van der Waals surface area contributed by atoms with Crippen LogP contribution in [0.15, 0.2) is 17.5 Å². The lowest BCUT2D eigenvalue weighted by molar-refractivity contribution is 0.1000.